The van der Waals surface area contributed by atoms with Crippen molar-refractivity contribution in [2.75, 3.05) is 18.1 Å². The molecule has 2 amide bonds. The number of rotatable bonds is 8. The number of amides is 2. The van der Waals surface area contributed by atoms with E-state index in [0.717, 1.165) is 16.1 Å². The van der Waals surface area contributed by atoms with Crippen LogP contribution in [0.4, 0.5) is 5.69 Å². The average molecular weight is 410 g/mol. The van der Waals surface area contributed by atoms with Crippen LogP contribution in [0.3, 0.4) is 0 Å². The summed E-state index contributed by atoms with van der Waals surface area (Å²) in [6, 6.07) is 13.3. The Morgan fingerprint density at radius 1 is 1.04 bits per heavy atom. The van der Waals surface area contributed by atoms with Gasteiger partial charge in [-0.3, -0.25) is 9.59 Å². The number of hydrogen-bond donors (Lipinski definition) is 2. The summed E-state index contributed by atoms with van der Waals surface area (Å²) >= 11 is 5.83. The maximum absolute atomic E-state index is 12.3. The Balaban J connectivity index is 2.03. The Bertz CT molecular complexity index is 913. The molecule has 3 N–H and O–H groups in total. The summed E-state index contributed by atoms with van der Waals surface area (Å²) in [4.78, 5) is 23.2. The number of halogens is 1. The van der Waals surface area contributed by atoms with E-state index in [0.29, 0.717) is 16.3 Å². The Morgan fingerprint density at radius 3 is 2.11 bits per heavy atom. The van der Waals surface area contributed by atoms with Crippen molar-refractivity contribution < 1.29 is 18.0 Å². The number of benzene rings is 2. The van der Waals surface area contributed by atoms with E-state index in [1.165, 1.54) is 0 Å². The molecule has 0 spiro atoms. The summed E-state index contributed by atoms with van der Waals surface area (Å²) in [6.07, 6.45) is 1.16. The van der Waals surface area contributed by atoms with Gasteiger partial charge in [0.15, 0.2) is 0 Å². The highest BCUT2D eigenvalue weighted by molar-refractivity contribution is 7.88. The van der Waals surface area contributed by atoms with Crippen molar-refractivity contribution in [1.82, 2.24) is 4.31 Å². The highest BCUT2D eigenvalue weighted by atomic mass is 35.5. The number of carbonyl (C=O) groups is 2. The first-order chi connectivity index (χ1) is 12.6. The lowest BCUT2D eigenvalue weighted by molar-refractivity contribution is -0.117. The molecule has 0 bridgehead atoms. The Hall–Kier alpha value is -2.42. The monoisotopic (exact) mass is 409 g/mol. The predicted octanol–water partition coefficient (Wildman–Crippen LogP) is 1.77. The van der Waals surface area contributed by atoms with Crippen molar-refractivity contribution in [3.8, 4) is 0 Å². The van der Waals surface area contributed by atoms with Gasteiger partial charge >= 0.3 is 0 Å². The van der Waals surface area contributed by atoms with Crippen LogP contribution in [0.1, 0.15) is 11.1 Å². The molecule has 0 atom stereocenters. The number of hydrogen-bond acceptors (Lipinski definition) is 4. The molecule has 7 nitrogen and oxygen atoms in total. The molecule has 27 heavy (non-hydrogen) atoms. The molecular weight excluding hydrogens is 390 g/mol. The number of anilines is 1. The van der Waals surface area contributed by atoms with Gasteiger partial charge in [-0.1, -0.05) is 35.9 Å². The van der Waals surface area contributed by atoms with Crippen LogP contribution in [0.15, 0.2) is 48.5 Å². The smallest absolute Gasteiger partial charge is 0.239 e. The molecule has 0 aliphatic heterocycles. The molecule has 144 valence electrons. The zero-order valence-electron chi connectivity index (χ0n) is 14.7. The van der Waals surface area contributed by atoms with Crippen LogP contribution < -0.4 is 11.1 Å². The zero-order valence-corrected chi connectivity index (χ0v) is 16.3. The number of nitrogens with one attached hydrogen (secondary N) is 1. The summed E-state index contributed by atoms with van der Waals surface area (Å²) in [7, 11) is -3.59. The minimum Gasteiger partial charge on any atom is -0.369 e. The molecule has 0 aliphatic carbocycles. The molecule has 2 aromatic rings. The molecule has 0 saturated carbocycles. The molecule has 0 aliphatic rings. The predicted molar refractivity (Wildman–Crippen MR) is 105 cm³/mol. The van der Waals surface area contributed by atoms with Crippen LogP contribution in [0, 0.1) is 0 Å². The van der Waals surface area contributed by atoms with Gasteiger partial charge in [0.1, 0.15) is 0 Å². The van der Waals surface area contributed by atoms with Gasteiger partial charge in [-0.05, 0) is 35.4 Å². The van der Waals surface area contributed by atoms with Crippen molar-refractivity contribution in [3.05, 3.63) is 64.7 Å². The standard InChI is InChI=1S/C18H20ClN3O4S/c1-27(25,26)22(11-14-2-6-15(19)7-3-14)12-18(24)21-16-8-4-13(5-9-16)10-17(20)23/h2-9H,10-12H2,1H3,(H2,20,23)(H,21,24). The van der Waals surface area contributed by atoms with Crippen molar-refractivity contribution in [3.63, 3.8) is 0 Å². The van der Waals surface area contributed by atoms with E-state index in [-0.39, 0.29) is 19.5 Å². The minimum atomic E-state index is -3.59. The molecular formula is C18H20ClN3O4S. The first-order valence-corrected chi connectivity index (χ1v) is 10.2. The fourth-order valence-corrected chi connectivity index (χ4v) is 3.21. The van der Waals surface area contributed by atoms with Crippen molar-refractivity contribution in [2.45, 2.75) is 13.0 Å². The molecule has 2 aromatic carbocycles. The van der Waals surface area contributed by atoms with Crippen LogP contribution in [-0.4, -0.2) is 37.3 Å². The van der Waals surface area contributed by atoms with Crippen LogP contribution in [0.5, 0.6) is 0 Å². The van der Waals surface area contributed by atoms with Crippen molar-refractivity contribution >= 4 is 39.1 Å². The Kier molecular flexibility index (Phi) is 6.95. The molecule has 0 aromatic heterocycles. The van der Waals surface area contributed by atoms with E-state index in [9.17, 15) is 18.0 Å². The Labute approximate surface area is 163 Å². The van der Waals surface area contributed by atoms with E-state index < -0.39 is 21.8 Å². The second kappa shape index (κ2) is 8.98. The number of nitrogens with zero attached hydrogens (tertiary/aromatic N) is 1. The SMILES string of the molecule is CS(=O)(=O)N(CC(=O)Nc1ccc(CC(N)=O)cc1)Cc1ccc(Cl)cc1. The van der Waals surface area contributed by atoms with Gasteiger partial charge in [-0.15, -0.1) is 0 Å². The molecule has 0 unspecified atom stereocenters. The van der Waals surface area contributed by atoms with E-state index in [1.54, 1.807) is 48.5 Å². The normalized spacial score (nSPS) is 11.4. The first kappa shape index (κ1) is 20.9. The molecule has 0 heterocycles. The van der Waals surface area contributed by atoms with Gasteiger partial charge in [0.25, 0.3) is 0 Å². The first-order valence-electron chi connectivity index (χ1n) is 8.00. The van der Waals surface area contributed by atoms with Gasteiger partial charge in [0.05, 0.1) is 19.2 Å². The number of primary amides is 1. The van der Waals surface area contributed by atoms with Gasteiger partial charge in [0.2, 0.25) is 21.8 Å². The third-order valence-corrected chi connectivity index (χ3v) is 5.13. The van der Waals surface area contributed by atoms with Crippen molar-refractivity contribution in [1.29, 1.82) is 0 Å². The van der Waals surface area contributed by atoms with Gasteiger partial charge in [-0.2, -0.15) is 4.31 Å². The third kappa shape index (κ3) is 7.01. The molecule has 9 heteroatoms. The second-order valence-corrected chi connectivity index (χ2v) is 8.46. The molecule has 2 rings (SSSR count). The van der Waals surface area contributed by atoms with E-state index in [2.05, 4.69) is 5.32 Å². The maximum Gasteiger partial charge on any atom is 0.239 e. The lowest BCUT2D eigenvalue weighted by Crippen LogP contribution is -2.36. The summed E-state index contributed by atoms with van der Waals surface area (Å²) in [5, 5.41) is 3.18. The quantitative estimate of drug-likeness (QED) is 0.692. The average Bonchev–Trinajstić information content (AvgIpc) is 2.56. The van der Waals surface area contributed by atoms with Gasteiger partial charge in [-0.25, -0.2) is 8.42 Å². The van der Waals surface area contributed by atoms with Crippen LogP contribution in [0.25, 0.3) is 0 Å². The van der Waals surface area contributed by atoms with Gasteiger partial charge in [0, 0.05) is 17.3 Å². The Morgan fingerprint density at radius 2 is 1.59 bits per heavy atom. The zero-order chi connectivity index (χ0) is 20.0. The molecule has 0 radical (unpaired) electrons. The van der Waals surface area contributed by atoms with E-state index in [1.807, 2.05) is 0 Å². The molecule has 0 saturated heterocycles. The van der Waals surface area contributed by atoms with E-state index >= 15 is 0 Å². The van der Waals surface area contributed by atoms with Crippen LogP contribution >= 0.6 is 11.6 Å². The van der Waals surface area contributed by atoms with Crippen molar-refractivity contribution in [2.24, 2.45) is 5.73 Å². The maximum atomic E-state index is 12.3. The summed E-state index contributed by atoms with van der Waals surface area (Å²) < 4.78 is 25.1. The topological polar surface area (TPSA) is 110 Å². The second-order valence-electron chi connectivity index (χ2n) is 6.05. The molecule has 0 fully saturated rings. The number of sulfonamides is 1. The fourth-order valence-electron chi connectivity index (χ4n) is 2.35. The summed E-state index contributed by atoms with van der Waals surface area (Å²) in [5.74, 6) is -0.921. The van der Waals surface area contributed by atoms with E-state index in [4.69, 9.17) is 17.3 Å². The third-order valence-electron chi connectivity index (χ3n) is 3.68. The number of carbonyl (C=O) groups excluding carboxylic acids is 2. The summed E-state index contributed by atoms with van der Waals surface area (Å²) in [6.45, 7) is -0.272. The lowest BCUT2D eigenvalue weighted by atomic mass is 10.1. The fraction of sp³-hybridized carbons (Fsp3) is 0.222. The van der Waals surface area contributed by atoms with Gasteiger partial charge < -0.3 is 11.1 Å². The highest BCUT2D eigenvalue weighted by Gasteiger charge is 2.20. The minimum absolute atomic E-state index is 0.0565. The van der Waals surface area contributed by atoms with Crippen LogP contribution in [0.2, 0.25) is 5.02 Å². The summed E-state index contributed by atoms with van der Waals surface area (Å²) in [5.41, 5.74) is 7.06. The number of nitrogens with two attached hydrogens (primary N) is 1. The largest absolute Gasteiger partial charge is 0.369 e. The van der Waals surface area contributed by atoms with Crippen LogP contribution in [-0.2, 0) is 32.6 Å². The highest BCUT2D eigenvalue weighted by Crippen LogP contribution is 2.14. The lowest BCUT2D eigenvalue weighted by Gasteiger charge is -2.19.